The number of halogens is 3. The first kappa shape index (κ1) is 30.3. The second kappa shape index (κ2) is 12.5. The minimum atomic E-state index is -4.88. The van der Waals surface area contributed by atoms with Crippen molar-refractivity contribution in [3.8, 4) is 0 Å². The molecule has 14 heteroatoms. The smallest absolute Gasteiger partial charge is 0.416 e. The number of sulfone groups is 1. The molecule has 206 valence electrons. The lowest BCUT2D eigenvalue weighted by atomic mass is 9.80. The summed E-state index contributed by atoms with van der Waals surface area (Å²) >= 11 is 0. The van der Waals surface area contributed by atoms with Crippen molar-refractivity contribution in [3.05, 3.63) is 87.5 Å². The zero-order valence-electron chi connectivity index (χ0n) is 20.2. The molecule has 0 aromatic heterocycles. The third-order valence-corrected chi connectivity index (χ3v) is 6.98. The Bertz CT molecular complexity index is 1310. The van der Waals surface area contributed by atoms with E-state index in [-0.39, 0.29) is 11.5 Å². The second-order valence-corrected chi connectivity index (χ2v) is 9.98. The van der Waals surface area contributed by atoms with Gasteiger partial charge in [0.05, 0.1) is 27.7 Å². The number of carbonyl (C=O) groups excluding carboxylic acids is 2. The predicted octanol–water partition coefficient (Wildman–Crippen LogP) is 4.05. The summed E-state index contributed by atoms with van der Waals surface area (Å²) in [7, 11) is -3.93. The van der Waals surface area contributed by atoms with Gasteiger partial charge in [0.25, 0.3) is 0 Å². The van der Waals surface area contributed by atoms with Crippen LogP contribution in [0.1, 0.15) is 30.9 Å². The maximum Gasteiger partial charge on any atom is 0.416 e. The van der Waals surface area contributed by atoms with Gasteiger partial charge in [0.15, 0.2) is 9.84 Å². The van der Waals surface area contributed by atoms with E-state index in [0.29, 0.717) is 12.1 Å². The molecule has 2 rings (SSSR count). The first-order chi connectivity index (χ1) is 17.7. The van der Waals surface area contributed by atoms with Crippen molar-refractivity contribution >= 4 is 21.6 Å². The highest BCUT2D eigenvalue weighted by Crippen LogP contribution is 2.38. The Morgan fingerprint density at radius 1 is 1.08 bits per heavy atom. The number of Topliss-reactive ketones (excluding diaryl/α,β-unsaturated/α-hetero) is 1. The maximum absolute atomic E-state index is 13.4. The molecule has 0 heterocycles. The minimum Gasteiger partial charge on any atom is -0.476 e. The first-order valence-electron chi connectivity index (χ1n) is 11.0. The molecule has 0 amide bonds. The Balaban J connectivity index is 2.59. The Morgan fingerprint density at radius 3 is 2.24 bits per heavy atom. The van der Waals surface area contributed by atoms with Crippen LogP contribution in [0.5, 0.6) is 0 Å². The van der Waals surface area contributed by atoms with Gasteiger partial charge in [-0.3, -0.25) is 19.7 Å². The summed E-state index contributed by atoms with van der Waals surface area (Å²) in [6.07, 6.45) is -4.88. The van der Waals surface area contributed by atoms with Crippen molar-refractivity contribution in [1.82, 2.24) is 0 Å². The lowest BCUT2D eigenvalue weighted by molar-refractivity contribution is -0.437. The van der Waals surface area contributed by atoms with Crippen molar-refractivity contribution in [2.24, 2.45) is 5.92 Å². The molecule has 0 saturated carbocycles. The fourth-order valence-electron chi connectivity index (χ4n) is 3.58. The van der Waals surface area contributed by atoms with Crippen LogP contribution in [0.4, 0.5) is 13.2 Å². The van der Waals surface area contributed by atoms with Crippen LogP contribution in [0.25, 0.3) is 0 Å². The average molecular weight is 560 g/mol. The van der Waals surface area contributed by atoms with Gasteiger partial charge in [0.2, 0.25) is 0 Å². The summed E-state index contributed by atoms with van der Waals surface area (Å²) in [5.74, 6) is -8.58. The van der Waals surface area contributed by atoms with Crippen LogP contribution in [-0.4, -0.2) is 49.2 Å². The fraction of sp³-hybridized carbons (Fsp3) is 0.333. The lowest BCUT2D eigenvalue weighted by Gasteiger charge is -2.23. The number of nitro groups is 1. The predicted molar refractivity (Wildman–Crippen MR) is 126 cm³/mol. The van der Waals surface area contributed by atoms with E-state index < -0.39 is 79.7 Å². The molecule has 2 aromatic rings. The molecular formula is C24H24F3NO9S. The van der Waals surface area contributed by atoms with E-state index in [4.69, 9.17) is 9.47 Å². The average Bonchev–Trinajstić information content (AvgIpc) is 2.83. The Hall–Kier alpha value is -3.94. The summed E-state index contributed by atoms with van der Waals surface area (Å²) in [5, 5.41) is 22.5. The van der Waals surface area contributed by atoms with E-state index in [1.807, 2.05) is 0 Å². The van der Waals surface area contributed by atoms with Crippen LogP contribution < -0.4 is 0 Å². The van der Waals surface area contributed by atoms with Crippen LogP contribution in [0, 0.1) is 16.0 Å². The van der Waals surface area contributed by atoms with Crippen LogP contribution in [-0.2, 0) is 35.1 Å². The zero-order valence-corrected chi connectivity index (χ0v) is 21.0. The first-order valence-corrected chi connectivity index (χ1v) is 12.7. The van der Waals surface area contributed by atoms with E-state index in [2.05, 4.69) is 0 Å². The number of hydrogen-bond donors (Lipinski definition) is 1. The SMILES string of the molecule is CCOC(=O)C(C(C)=O)C(C(=C(O)OCCS(=O)(=O)c1ccccc1)[N+](=O)[O-])c1cccc(C(F)(F)F)c1. The lowest BCUT2D eigenvalue weighted by Crippen LogP contribution is -2.34. The van der Waals surface area contributed by atoms with Crippen LogP contribution in [0.15, 0.2) is 71.1 Å². The molecule has 0 aliphatic heterocycles. The normalized spacial score (nSPS) is 14.1. The number of carbonyl (C=O) groups is 2. The summed E-state index contributed by atoms with van der Waals surface area (Å²) in [5.41, 5.74) is -3.07. The molecule has 10 nitrogen and oxygen atoms in total. The molecule has 0 radical (unpaired) electrons. The third kappa shape index (κ3) is 7.54. The monoisotopic (exact) mass is 559 g/mol. The van der Waals surface area contributed by atoms with Gasteiger partial charge in [-0.25, -0.2) is 8.42 Å². The van der Waals surface area contributed by atoms with Crippen molar-refractivity contribution in [2.75, 3.05) is 19.0 Å². The number of aliphatic hydroxyl groups is 1. The number of benzene rings is 2. The second-order valence-electron chi connectivity index (χ2n) is 7.87. The number of hydrogen-bond acceptors (Lipinski definition) is 9. The van der Waals surface area contributed by atoms with Gasteiger partial charge in [-0.05, 0) is 37.6 Å². The van der Waals surface area contributed by atoms with Gasteiger partial charge in [-0.2, -0.15) is 13.2 Å². The van der Waals surface area contributed by atoms with Gasteiger partial charge in [0, 0.05) is 0 Å². The molecule has 2 atom stereocenters. The van der Waals surface area contributed by atoms with Crippen molar-refractivity contribution in [2.45, 2.75) is 30.8 Å². The summed E-state index contributed by atoms with van der Waals surface area (Å²) in [4.78, 5) is 35.8. The van der Waals surface area contributed by atoms with Crippen LogP contribution in [0.2, 0.25) is 0 Å². The van der Waals surface area contributed by atoms with Gasteiger partial charge in [0.1, 0.15) is 24.2 Å². The number of aliphatic hydroxyl groups excluding tert-OH is 1. The number of ether oxygens (including phenoxy) is 2. The molecule has 0 aliphatic rings. The van der Waals surface area contributed by atoms with Crippen molar-refractivity contribution < 1.29 is 50.7 Å². The third-order valence-electron chi connectivity index (χ3n) is 5.29. The molecule has 1 N–H and O–H groups in total. The molecule has 38 heavy (non-hydrogen) atoms. The van der Waals surface area contributed by atoms with E-state index in [0.717, 1.165) is 19.1 Å². The molecule has 0 spiro atoms. The largest absolute Gasteiger partial charge is 0.476 e. The highest BCUT2D eigenvalue weighted by molar-refractivity contribution is 7.91. The molecule has 2 unspecified atom stereocenters. The van der Waals surface area contributed by atoms with Gasteiger partial charge >= 0.3 is 23.8 Å². The minimum absolute atomic E-state index is 0.0811. The standard InChI is InChI=1S/C24H24F3NO9S/c1-3-36-22(30)19(15(2)29)20(16-8-7-9-17(14-16)24(25,26)27)21(28(32)33)23(31)37-12-13-38(34,35)18-10-5-4-6-11-18/h4-11,14,19-20,31H,3,12-13H2,1-2H3. The maximum atomic E-state index is 13.4. The van der Waals surface area contributed by atoms with Crippen molar-refractivity contribution in [3.63, 3.8) is 0 Å². The molecule has 0 bridgehead atoms. The van der Waals surface area contributed by atoms with E-state index in [1.165, 1.54) is 31.2 Å². The van der Waals surface area contributed by atoms with Gasteiger partial charge < -0.3 is 14.6 Å². The highest BCUT2D eigenvalue weighted by Gasteiger charge is 2.46. The highest BCUT2D eigenvalue weighted by atomic mass is 32.2. The molecule has 0 saturated heterocycles. The molecule has 0 fully saturated rings. The number of esters is 1. The Morgan fingerprint density at radius 2 is 1.71 bits per heavy atom. The summed E-state index contributed by atoms with van der Waals surface area (Å²) in [6, 6.07) is 10.2. The molecular weight excluding hydrogens is 535 g/mol. The quantitative estimate of drug-likeness (QED) is 0.134. The van der Waals surface area contributed by atoms with E-state index in [1.54, 1.807) is 6.07 Å². The number of allylic oxidation sites excluding steroid dienone is 1. The van der Waals surface area contributed by atoms with Crippen LogP contribution >= 0.6 is 0 Å². The summed E-state index contributed by atoms with van der Waals surface area (Å²) < 4.78 is 74.7. The topological polar surface area (TPSA) is 150 Å². The van der Waals surface area contributed by atoms with Crippen molar-refractivity contribution in [1.29, 1.82) is 0 Å². The number of ketones is 1. The Kier molecular flexibility index (Phi) is 9.99. The van der Waals surface area contributed by atoms with Gasteiger partial charge in [-0.1, -0.05) is 36.4 Å². The Labute approximate surface area is 215 Å². The fourth-order valence-corrected chi connectivity index (χ4v) is 4.69. The number of rotatable bonds is 12. The van der Waals surface area contributed by atoms with E-state index >= 15 is 0 Å². The number of alkyl halides is 3. The summed E-state index contributed by atoms with van der Waals surface area (Å²) in [6.45, 7) is 1.21. The van der Waals surface area contributed by atoms with E-state index in [9.17, 15) is 46.4 Å². The number of nitrogens with zero attached hydrogens (tertiary/aromatic N) is 1. The van der Waals surface area contributed by atoms with Gasteiger partial charge in [-0.15, -0.1) is 0 Å². The molecule has 2 aromatic carbocycles. The zero-order chi connectivity index (χ0) is 28.7. The van der Waals surface area contributed by atoms with Crippen LogP contribution in [0.3, 0.4) is 0 Å². The molecule has 0 aliphatic carbocycles.